The monoisotopic (exact) mass is 232 g/mol. The summed E-state index contributed by atoms with van der Waals surface area (Å²) in [5.41, 5.74) is 1.37. The molecule has 2 unspecified atom stereocenters. The highest BCUT2D eigenvalue weighted by Crippen LogP contribution is 2.21. The highest BCUT2D eigenvalue weighted by Gasteiger charge is 2.24. The van der Waals surface area contributed by atoms with E-state index in [0.29, 0.717) is 0 Å². The summed E-state index contributed by atoms with van der Waals surface area (Å²) in [5, 5.41) is 3.52. The van der Waals surface area contributed by atoms with Crippen molar-refractivity contribution < 1.29 is 0 Å². The van der Waals surface area contributed by atoms with Crippen LogP contribution in [0.3, 0.4) is 0 Å². The Hall–Kier alpha value is -0.860. The SMILES string of the molecule is CC1CN(CCNCc2ccccc2)CC1C. The van der Waals surface area contributed by atoms with Crippen LogP contribution in [0, 0.1) is 11.8 Å². The summed E-state index contributed by atoms with van der Waals surface area (Å²) in [4.78, 5) is 2.58. The Kier molecular flexibility index (Phi) is 4.57. The van der Waals surface area contributed by atoms with Crippen LogP contribution in [-0.4, -0.2) is 31.1 Å². The van der Waals surface area contributed by atoms with Gasteiger partial charge in [0.25, 0.3) is 0 Å². The van der Waals surface area contributed by atoms with Gasteiger partial charge < -0.3 is 10.2 Å². The topological polar surface area (TPSA) is 15.3 Å². The van der Waals surface area contributed by atoms with Crippen LogP contribution in [0.2, 0.25) is 0 Å². The van der Waals surface area contributed by atoms with E-state index in [9.17, 15) is 0 Å². The molecular weight excluding hydrogens is 208 g/mol. The van der Waals surface area contributed by atoms with Crippen molar-refractivity contribution in [2.45, 2.75) is 20.4 Å². The molecule has 1 heterocycles. The molecule has 2 atom stereocenters. The third kappa shape index (κ3) is 3.83. The maximum absolute atomic E-state index is 3.52. The first-order chi connectivity index (χ1) is 8.25. The lowest BCUT2D eigenvalue weighted by atomic mass is 10.0. The normalized spacial score (nSPS) is 25.3. The van der Waals surface area contributed by atoms with E-state index in [4.69, 9.17) is 0 Å². The predicted octanol–water partition coefficient (Wildman–Crippen LogP) is 2.36. The number of hydrogen-bond acceptors (Lipinski definition) is 2. The summed E-state index contributed by atoms with van der Waals surface area (Å²) < 4.78 is 0. The maximum atomic E-state index is 3.52. The highest BCUT2D eigenvalue weighted by atomic mass is 15.2. The molecule has 1 saturated heterocycles. The minimum atomic E-state index is 0.865. The Morgan fingerprint density at radius 3 is 2.41 bits per heavy atom. The second-order valence-electron chi connectivity index (χ2n) is 5.38. The van der Waals surface area contributed by atoms with Gasteiger partial charge in [0.05, 0.1) is 0 Å². The second kappa shape index (κ2) is 6.18. The number of rotatable bonds is 5. The average Bonchev–Trinajstić information content (AvgIpc) is 2.66. The lowest BCUT2D eigenvalue weighted by Gasteiger charge is -2.15. The summed E-state index contributed by atoms with van der Waals surface area (Å²) in [6, 6.07) is 10.6. The molecule has 0 aliphatic carbocycles. The minimum Gasteiger partial charge on any atom is -0.311 e. The Bertz CT molecular complexity index is 313. The van der Waals surface area contributed by atoms with Gasteiger partial charge in [0.1, 0.15) is 0 Å². The van der Waals surface area contributed by atoms with Crippen molar-refractivity contribution in [3.8, 4) is 0 Å². The number of hydrogen-bond donors (Lipinski definition) is 1. The van der Waals surface area contributed by atoms with Gasteiger partial charge >= 0.3 is 0 Å². The van der Waals surface area contributed by atoms with Crippen molar-refractivity contribution >= 4 is 0 Å². The van der Waals surface area contributed by atoms with Gasteiger partial charge in [-0.1, -0.05) is 44.2 Å². The van der Waals surface area contributed by atoms with Crippen molar-refractivity contribution in [2.75, 3.05) is 26.2 Å². The van der Waals surface area contributed by atoms with Gasteiger partial charge in [-0.25, -0.2) is 0 Å². The van der Waals surface area contributed by atoms with Crippen molar-refractivity contribution in [3.63, 3.8) is 0 Å². The Morgan fingerprint density at radius 1 is 1.12 bits per heavy atom. The van der Waals surface area contributed by atoms with Gasteiger partial charge in [0, 0.05) is 32.7 Å². The lowest BCUT2D eigenvalue weighted by molar-refractivity contribution is 0.321. The summed E-state index contributed by atoms with van der Waals surface area (Å²) in [6.45, 7) is 10.5. The van der Waals surface area contributed by atoms with Crippen LogP contribution in [0.25, 0.3) is 0 Å². The van der Waals surface area contributed by atoms with E-state index in [0.717, 1.165) is 24.9 Å². The molecule has 0 saturated carbocycles. The Morgan fingerprint density at radius 2 is 1.76 bits per heavy atom. The molecule has 1 fully saturated rings. The van der Waals surface area contributed by atoms with Gasteiger partial charge in [-0.2, -0.15) is 0 Å². The molecular formula is C15H24N2. The summed E-state index contributed by atoms with van der Waals surface area (Å²) in [5.74, 6) is 1.73. The number of nitrogens with zero attached hydrogens (tertiary/aromatic N) is 1. The van der Waals surface area contributed by atoms with E-state index >= 15 is 0 Å². The van der Waals surface area contributed by atoms with Crippen LogP contribution in [0.15, 0.2) is 30.3 Å². The summed E-state index contributed by atoms with van der Waals surface area (Å²) in [6.07, 6.45) is 0. The predicted molar refractivity (Wildman–Crippen MR) is 72.9 cm³/mol. The smallest absolute Gasteiger partial charge is 0.0206 e. The maximum Gasteiger partial charge on any atom is 0.0206 e. The average molecular weight is 232 g/mol. The first kappa shape index (κ1) is 12.6. The molecule has 1 aliphatic heterocycles. The van der Waals surface area contributed by atoms with Gasteiger partial charge in [0.15, 0.2) is 0 Å². The molecule has 1 N–H and O–H groups in total. The summed E-state index contributed by atoms with van der Waals surface area (Å²) >= 11 is 0. The van der Waals surface area contributed by atoms with Crippen molar-refractivity contribution in [1.29, 1.82) is 0 Å². The summed E-state index contributed by atoms with van der Waals surface area (Å²) in [7, 11) is 0. The standard InChI is InChI=1S/C15H24N2/c1-13-11-17(12-14(13)2)9-8-16-10-15-6-4-3-5-7-15/h3-7,13-14,16H,8-12H2,1-2H3. The van der Waals surface area contributed by atoms with Crippen molar-refractivity contribution in [1.82, 2.24) is 10.2 Å². The fourth-order valence-corrected chi connectivity index (χ4v) is 2.50. The molecule has 0 spiro atoms. The number of likely N-dealkylation sites (tertiary alicyclic amines) is 1. The number of nitrogens with one attached hydrogen (secondary N) is 1. The van der Waals surface area contributed by atoms with E-state index in [2.05, 4.69) is 54.4 Å². The van der Waals surface area contributed by atoms with Crippen LogP contribution in [0.5, 0.6) is 0 Å². The first-order valence-electron chi connectivity index (χ1n) is 6.72. The molecule has 0 aromatic heterocycles. The molecule has 2 rings (SSSR count). The minimum absolute atomic E-state index is 0.865. The van der Waals surface area contributed by atoms with Gasteiger partial charge in [-0.15, -0.1) is 0 Å². The highest BCUT2D eigenvalue weighted by molar-refractivity contribution is 5.14. The molecule has 1 aromatic rings. The molecule has 2 heteroatoms. The van der Waals surface area contributed by atoms with E-state index in [-0.39, 0.29) is 0 Å². The fourth-order valence-electron chi connectivity index (χ4n) is 2.50. The van der Waals surface area contributed by atoms with Crippen LogP contribution in [-0.2, 0) is 6.54 Å². The van der Waals surface area contributed by atoms with Crippen molar-refractivity contribution in [3.05, 3.63) is 35.9 Å². The zero-order valence-electron chi connectivity index (χ0n) is 11.0. The van der Waals surface area contributed by atoms with Crippen LogP contribution < -0.4 is 5.32 Å². The van der Waals surface area contributed by atoms with Crippen LogP contribution >= 0.6 is 0 Å². The molecule has 0 radical (unpaired) electrons. The van der Waals surface area contributed by atoms with Crippen molar-refractivity contribution in [2.24, 2.45) is 11.8 Å². The molecule has 0 amide bonds. The van der Waals surface area contributed by atoms with Gasteiger partial charge in [-0.05, 0) is 17.4 Å². The molecule has 1 aromatic carbocycles. The van der Waals surface area contributed by atoms with E-state index in [1.165, 1.54) is 25.2 Å². The molecule has 0 bridgehead atoms. The van der Waals surface area contributed by atoms with Crippen LogP contribution in [0.1, 0.15) is 19.4 Å². The zero-order valence-corrected chi connectivity index (χ0v) is 11.0. The quantitative estimate of drug-likeness (QED) is 0.784. The second-order valence-corrected chi connectivity index (χ2v) is 5.38. The van der Waals surface area contributed by atoms with E-state index in [1.54, 1.807) is 0 Å². The Labute approximate surface area is 105 Å². The van der Waals surface area contributed by atoms with Gasteiger partial charge in [-0.3, -0.25) is 0 Å². The van der Waals surface area contributed by atoms with E-state index in [1.807, 2.05) is 0 Å². The first-order valence-corrected chi connectivity index (χ1v) is 6.72. The Balaban J connectivity index is 1.61. The fraction of sp³-hybridized carbons (Fsp3) is 0.600. The number of benzene rings is 1. The third-order valence-electron chi connectivity index (χ3n) is 3.84. The van der Waals surface area contributed by atoms with Gasteiger partial charge in [0.2, 0.25) is 0 Å². The zero-order chi connectivity index (χ0) is 12.1. The molecule has 17 heavy (non-hydrogen) atoms. The molecule has 94 valence electrons. The third-order valence-corrected chi connectivity index (χ3v) is 3.84. The van der Waals surface area contributed by atoms with E-state index < -0.39 is 0 Å². The lowest BCUT2D eigenvalue weighted by Crippen LogP contribution is -2.30. The molecule has 2 nitrogen and oxygen atoms in total. The van der Waals surface area contributed by atoms with Crippen LogP contribution in [0.4, 0.5) is 0 Å². The largest absolute Gasteiger partial charge is 0.311 e. The molecule has 1 aliphatic rings.